The average molecular weight is 430 g/mol. The van der Waals surface area contributed by atoms with Crippen molar-refractivity contribution in [3.8, 4) is 11.3 Å². The smallest absolute Gasteiger partial charge is 0.240 e. The average Bonchev–Trinajstić information content (AvgIpc) is 3.24. The third-order valence-corrected chi connectivity index (χ3v) is 7.24. The summed E-state index contributed by atoms with van der Waals surface area (Å²) < 4.78 is 27.5. The predicted octanol–water partition coefficient (Wildman–Crippen LogP) is 4.98. The van der Waals surface area contributed by atoms with Crippen LogP contribution >= 0.6 is 11.6 Å². The van der Waals surface area contributed by atoms with Gasteiger partial charge in [-0.1, -0.05) is 41.9 Å². The number of hydrogen-bond donors (Lipinski definition) is 2. The number of nitrogens with zero attached hydrogens (tertiary/aromatic N) is 1. The Kier molecular flexibility index (Phi) is 6.04. The third kappa shape index (κ3) is 4.89. The number of sulfonamides is 1. The fourth-order valence-corrected chi connectivity index (χ4v) is 5.22. The van der Waals surface area contributed by atoms with E-state index in [0.717, 1.165) is 42.8 Å². The van der Waals surface area contributed by atoms with E-state index < -0.39 is 10.0 Å². The molecule has 7 heteroatoms. The Labute approximate surface area is 176 Å². The number of rotatable bonds is 6. The van der Waals surface area contributed by atoms with E-state index in [-0.39, 0.29) is 0 Å². The minimum absolute atomic E-state index is 0.317. The molecule has 4 rings (SSSR count). The second-order valence-corrected chi connectivity index (χ2v) is 9.77. The van der Waals surface area contributed by atoms with E-state index in [0.29, 0.717) is 28.3 Å². The zero-order valence-corrected chi connectivity index (χ0v) is 17.6. The highest BCUT2D eigenvalue weighted by Gasteiger charge is 2.26. The monoisotopic (exact) mass is 429 g/mol. The van der Waals surface area contributed by atoms with Crippen molar-refractivity contribution in [2.24, 2.45) is 5.92 Å². The maximum absolute atomic E-state index is 12.4. The van der Waals surface area contributed by atoms with Crippen LogP contribution < -0.4 is 4.72 Å². The number of halogens is 1. The lowest BCUT2D eigenvalue weighted by Crippen LogP contribution is -2.31. The van der Waals surface area contributed by atoms with Gasteiger partial charge in [-0.2, -0.15) is 0 Å². The molecule has 1 aliphatic carbocycles. The zero-order valence-electron chi connectivity index (χ0n) is 16.0. The van der Waals surface area contributed by atoms with Crippen LogP contribution in [0.4, 0.5) is 0 Å². The van der Waals surface area contributed by atoms with Crippen molar-refractivity contribution in [2.45, 2.75) is 36.5 Å². The van der Waals surface area contributed by atoms with E-state index in [1.807, 2.05) is 36.5 Å². The first kappa shape index (κ1) is 20.1. The molecule has 0 unspecified atom stereocenters. The van der Waals surface area contributed by atoms with E-state index in [1.165, 1.54) is 0 Å². The minimum atomic E-state index is -3.44. The van der Waals surface area contributed by atoms with Gasteiger partial charge in [0.1, 0.15) is 5.82 Å². The lowest BCUT2D eigenvalue weighted by Gasteiger charge is -2.27. The molecular weight excluding hydrogens is 406 g/mol. The molecule has 1 heterocycles. The number of nitrogens with one attached hydrogen (secondary N) is 2. The van der Waals surface area contributed by atoms with Gasteiger partial charge < -0.3 is 4.98 Å². The van der Waals surface area contributed by atoms with Gasteiger partial charge in [-0.3, -0.25) is 0 Å². The molecule has 1 fully saturated rings. The molecular formula is C22H24ClN3O2S. The van der Waals surface area contributed by atoms with E-state index in [4.69, 9.17) is 16.6 Å². The summed E-state index contributed by atoms with van der Waals surface area (Å²) in [4.78, 5) is 8.41. The number of benzene rings is 2. The maximum Gasteiger partial charge on any atom is 0.240 e. The first-order valence-electron chi connectivity index (χ1n) is 9.87. The molecule has 3 aromatic rings. The van der Waals surface area contributed by atoms with Gasteiger partial charge in [0.05, 0.1) is 10.6 Å². The molecule has 0 radical (unpaired) electrons. The van der Waals surface area contributed by atoms with Crippen molar-refractivity contribution < 1.29 is 8.42 Å². The molecule has 0 saturated heterocycles. The van der Waals surface area contributed by atoms with Crippen molar-refractivity contribution in [3.63, 3.8) is 0 Å². The van der Waals surface area contributed by atoms with Crippen molar-refractivity contribution in [2.75, 3.05) is 6.54 Å². The molecule has 1 aromatic heterocycles. The normalized spacial score (nSPS) is 19.9. The Balaban J connectivity index is 1.32. The molecule has 0 spiro atoms. The minimum Gasteiger partial charge on any atom is -0.348 e. The van der Waals surface area contributed by atoms with Gasteiger partial charge in [0, 0.05) is 29.2 Å². The summed E-state index contributed by atoms with van der Waals surface area (Å²) >= 11 is 6.08. The summed E-state index contributed by atoms with van der Waals surface area (Å²) in [5.74, 6) is 1.74. The number of aromatic nitrogens is 2. The lowest BCUT2D eigenvalue weighted by atomic mass is 9.82. The quantitative estimate of drug-likeness (QED) is 0.580. The van der Waals surface area contributed by atoms with Gasteiger partial charge >= 0.3 is 0 Å². The van der Waals surface area contributed by atoms with Crippen LogP contribution in [0, 0.1) is 5.92 Å². The molecule has 0 atom stereocenters. The molecule has 0 amide bonds. The molecule has 0 bridgehead atoms. The second-order valence-electron chi connectivity index (χ2n) is 7.56. The van der Waals surface area contributed by atoms with Crippen molar-refractivity contribution in [3.05, 3.63) is 71.6 Å². The van der Waals surface area contributed by atoms with Crippen LogP contribution in [0.25, 0.3) is 11.3 Å². The van der Waals surface area contributed by atoms with Crippen LogP contribution in [0.15, 0.2) is 65.7 Å². The maximum atomic E-state index is 12.4. The Morgan fingerprint density at radius 2 is 1.79 bits per heavy atom. The molecule has 29 heavy (non-hydrogen) atoms. The fraction of sp³-hybridized carbons (Fsp3) is 0.318. The Morgan fingerprint density at radius 1 is 1.03 bits per heavy atom. The first-order chi connectivity index (χ1) is 14.0. The molecule has 1 saturated carbocycles. The molecule has 152 valence electrons. The summed E-state index contributed by atoms with van der Waals surface area (Å²) in [5, 5.41) is 0.700. The highest BCUT2D eigenvalue weighted by atomic mass is 35.5. The van der Waals surface area contributed by atoms with Gasteiger partial charge in [-0.25, -0.2) is 18.1 Å². The largest absolute Gasteiger partial charge is 0.348 e. The van der Waals surface area contributed by atoms with E-state index in [9.17, 15) is 8.42 Å². The zero-order chi connectivity index (χ0) is 20.3. The molecule has 2 aromatic carbocycles. The van der Waals surface area contributed by atoms with Crippen LogP contribution in [-0.4, -0.2) is 24.9 Å². The Bertz CT molecular complexity index is 1060. The predicted molar refractivity (Wildman–Crippen MR) is 115 cm³/mol. The standard InChI is InChI=1S/C22H24ClN3O2S/c23-19-6-4-5-18(13-19)21-15-24-22(26-21)17-11-9-16(10-12-17)14-25-29(27,28)20-7-2-1-3-8-20/h1-8,13,15-17,25H,9-12,14H2,(H,24,26). The molecule has 1 aliphatic rings. The lowest BCUT2D eigenvalue weighted by molar-refractivity contribution is 0.320. The highest BCUT2D eigenvalue weighted by Crippen LogP contribution is 2.35. The van der Waals surface area contributed by atoms with E-state index in [2.05, 4.69) is 9.71 Å². The van der Waals surface area contributed by atoms with E-state index in [1.54, 1.807) is 24.3 Å². The van der Waals surface area contributed by atoms with Crippen LogP contribution in [0.5, 0.6) is 0 Å². The third-order valence-electron chi connectivity index (χ3n) is 5.57. The van der Waals surface area contributed by atoms with Crippen LogP contribution in [0.2, 0.25) is 5.02 Å². The Morgan fingerprint density at radius 3 is 2.52 bits per heavy atom. The fourth-order valence-electron chi connectivity index (χ4n) is 3.89. The van der Waals surface area contributed by atoms with Crippen LogP contribution in [0.3, 0.4) is 0 Å². The first-order valence-corrected chi connectivity index (χ1v) is 11.7. The topological polar surface area (TPSA) is 74.8 Å². The van der Waals surface area contributed by atoms with Gasteiger partial charge in [0.2, 0.25) is 10.0 Å². The van der Waals surface area contributed by atoms with Gasteiger partial charge in [-0.15, -0.1) is 0 Å². The van der Waals surface area contributed by atoms with Crippen molar-refractivity contribution in [1.82, 2.24) is 14.7 Å². The van der Waals surface area contributed by atoms with Crippen molar-refractivity contribution in [1.29, 1.82) is 0 Å². The Hall–Kier alpha value is -2.15. The molecule has 0 aliphatic heterocycles. The summed E-state index contributed by atoms with van der Waals surface area (Å²) in [7, 11) is -3.44. The number of aromatic amines is 1. The molecule has 5 nitrogen and oxygen atoms in total. The van der Waals surface area contributed by atoms with Gasteiger partial charge in [0.25, 0.3) is 0 Å². The summed E-state index contributed by atoms with van der Waals surface area (Å²) in [6, 6.07) is 16.2. The number of hydrogen-bond acceptors (Lipinski definition) is 3. The van der Waals surface area contributed by atoms with Crippen molar-refractivity contribution >= 4 is 21.6 Å². The van der Waals surface area contributed by atoms with Gasteiger partial charge in [-0.05, 0) is 55.9 Å². The van der Waals surface area contributed by atoms with Gasteiger partial charge in [0.15, 0.2) is 0 Å². The van der Waals surface area contributed by atoms with Crippen LogP contribution in [-0.2, 0) is 10.0 Å². The van der Waals surface area contributed by atoms with Crippen LogP contribution in [0.1, 0.15) is 37.4 Å². The SMILES string of the molecule is O=S(=O)(NCC1CCC(c2nc(-c3cccc(Cl)c3)c[nH]2)CC1)c1ccccc1. The number of imidazole rings is 1. The summed E-state index contributed by atoms with van der Waals surface area (Å²) in [6.07, 6.45) is 5.89. The van der Waals surface area contributed by atoms with E-state index >= 15 is 0 Å². The second kappa shape index (κ2) is 8.69. The summed E-state index contributed by atoms with van der Waals surface area (Å²) in [6.45, 7) is 0.482. The summed E-state index contributed by atoms with van der Waals surface area (Å²) in [5.41, 5.74) is 1.91. The number of H-pyrrole nitrogens is 1. The highest BCUT2D eigenvalue weighted by molar-refractivity contribution is 7.89. The molecule has 2 N–H and O–H groups in total.